The van der Waals surface area contributed by atoms with Gasteiger partial charge in [-0.15, -0.1) is 0 Å². The van der Waals surface area contributed by atoms with Crippen molar-refractivity contribution in [1.29, 1.82) is 0 Å². The number of pyridine rings is 1. The SMILES string of the molecule is CC.COCC(O)CN(c1cc(OC)cc(OC)c1)c1ccc(N)c(/N=C(\C)c2cnn(C)c2)n1. The third kappa shape index (κ3) is 7.43. The summed E-state index contributed by atoms with van der Waals surface area (Å²) in [6.45, 7) is 6.25. The number of hydrogen-bond acceptors (Lipinski definition) is 9. The van der Waals surface area contributed by atoms with Crippen molar-refractivity contribution < 1.29 is 19.3 Å². The van der Waals surface area contributed by atoms with Crippen LogP contribution >= 0.6 is 0 Å². The smallest absolute Gasteiger partial charge is 0.177 e. The van der Waals surface area contributed by atoms with Gasteiger partial charge in [0.1, 0.15) is 17.3 Å². The highest BCUT2D eigenvalue weighted by molar-refractivity contribution is 6.00. The largest absolute Gasteiger partial charge is 0.497 e. The molecular formula is C25H36N6O4. The zero-order valence-electron chi connectivity index (χ0n) is 21.5. The Morgan fingerprint density at radius 1 is 1.14 bits per heavy atom. The van der Waals surface area contributed by atoms with E-state index in [4.69, 9.17) is 24.9 Å². The van der Waals surface area contributed by atoms with Crippen LogP contribution in [-0.2, 0) is 11.8 Å². The Labute approximate surface area is 207 Å². The summed E-state index contributed by atoms with van der Waals surface area (Å²) in [6.07, 6.45) is 2.83. The molecule has 0 spiro atoms. The maximum Gasteiger partial charge on any atom is 0.177 e. The van der Waals surface area contributed by atoms with Gasteiger partial charge in [0.15, 0.2) is 5.82 Å². The lowest BCUT2D eigenvalue weighted by Gasteiger charge is -2.27. The first-order valence-corrected chi connectivity index (χ1v) is 11.3. The molecule has 0 aliphatic rings. The number of benzene rings is 1. The Morgan fingerprint density at radius 3 is 2.34 bits per heavy atom. The summed E-state index contributed by atoms with van der Waals surface area (Å²) in [5.41, 5.74) is 8.93. The molecule has 0 radical (unpaired) electrons. The second kappa shape index (κ2) is 13.3. The number of nitrogen functional groups attached to an aromatic ring is 1. The average Bonchev–Trinajstić information content (AvgIpc) is 3.31. The molecule has 10 heteroatoms. The lowest BCUT2D eigenvalue weighted by Crippen LogP contribution is -2.32. The second-order valence-corrected chi connectivity index (χ2v) is 7.47. The zero-order valence-corrected chi connectivity index (χ0v) is 21.5. The van der Waals surface area contributed by atoms with Gasteiger partial charge in [-0.1, -0.05) is 13.8 Å². The first kappa shape index (κ1) is 27.6. The van der Waals surface area contributed by atoms with Crippen molar-refractivity contribution >= 4 is 28.7 Å². The van der Waals surface area contributed by atoms with Crippen LogP contribution in [-0.4, -0.2) is 66.2 Å². The lowest BCUT2D eigenvalue weighted by atomic mass is 10.2. The number of aliphatic imine (C=N–C) groups is 1. The maximum absolute atomic E-state index is 10.5. The molecule has 1 atom stereocenters. The molecule has 1 aromatic carbocycles. The highest BCUT2D eigenvalue weighted by Crippen LogP contribution is 2.34. The van der Waals surface area contributed by atoms with Crippen LogP contribution in [0.25, 0.3) is 0 Å². The molecule has 0 fully saturated rings. The fraction of sp³-hybridized carbons (Fsp3) is 0.400. The zero-order chi connectivity index (χ0) is 26.0. The minimum absolute atomic E-state index is 0.164. The van der Waals surface area contributed by atoms with Crippen molar-refractivity contribution in [2.75, 3.05) is 45.1 Å². The number of aliphatic hydroxyl groups is 1. The number of anilines is 3. The van der Waals surface area contributed by atoms with Gasteiger partial charge < -0.3 is 30.0 Å². The maximum atomic E-state index is 10.5. The topological polar surface area (TPSA) is 120 Å². The molecule has 0 aliphatic heterocycles. The molecule has 3 rings (SSSR count). The third-order valence-electron chi connectivity index (χ3n) is 4.96. The number of nitrogens with zero attached hydrogens (tertiary/aromatic N) is 5. The van der Waals surface area contributed by atoms with E-state index in [1.807, 2.05) is 51.0 Å². The van der Waals surface area contributed by atoms with E-state index in [0.29, 0.717) is 28.8 Å². The van der Waals surface area contributed by atoms with Gasteiger partial charge in [0.05, 0.1) is 51.1 Å². The fourth-order valence-corrected chi connectivity index (χ4v) is 3.26. The molecule has 0 bridgehead atoms. The molecule has 0 saturated heterocycles. The minimum Gasteiger partial charge on any atom is -0.497 e. The Balaban J connectivity index is 0.00000210. The molecular weight excluding hydrogens is 448 g/mol. The van der Waals surface area contributed by atoms with E-state index in [1.165, 1.54) is 7.11 Å². The van der Waals surface area contributed by atoms with E-state index >= 15 is 0 Å². The van der Waals surface area contributed by atoms with Crippen LogP contribution in [0, 0.1) is 0 Å². The molecule has 3 aromatic rings. The van der Waals surface area contributed by atoms with Crippen molar-refractivity contribution in [1.82, 2.24) is 14.8 Å². The van der Waals surface area contributed by atoms with Gasteiger partial charge >= 0.3 is 0 Å². The summed E-state index contributed by atoms with van der Waals surface area (Å²) in [4.78, 5) is 11.2. The van der Waals surface area contributed by atoms with E-state index in [-0.39, 0.29) is 13.2 Å². The minimum atomic E-state index is -0.768. The van der Waals surface area contributed by atoms with Gasteiger partial charge in [0, 0.05) is 49.8 Å². The van der Waals surface area contributed by atoms with Crippen LogP contribution in [0.1, 0.15) is 26.3 Å². The number of methoxy groups -OCH3 is 3. The van der Waals surface area contributed by atoms with Gasteiger partial charge in [0.25, 0.3) is 0 Å². The molecule has 10 nitrogen and oxygen atoms in total. The normalized spacial score (nSPS) is 11.9. The van der Waals surface area contributed by atoms with E-state index in [9.17, 15) is 5.11 Å². The molecule has 190 valence electrons. The van der Waals surface area contributed by atoms with Gasteiger partial charge in [-0.3, -0.25) is 4.68 Å². The van der Waals surface area contributed by atoms with Crippen LogP contribution in [0.15, 0.2) is 47.7 Å². The number of aromatic nitrogens is 3. The molecule has 0 saturated carbocycles. The van der Waals surface area contributed by atoms with Crippen molar-refractivity contribution in [3.8, 4) is 11.5 Å². The molecule has 1 unspecified atom stereocenters. The first-order chi connectivity index (χ1) is 16.8. The Hall–Kier alpha value is -3.63. The number of ether oxygens (including phenoxy) is 3. The van der Waals surface area contributed by atoms with Crippen molar-refractivity contribution in [2.45, 2.75) is 26.9 Å². The summed E-state index contributed by atoms with van der Waals surface area (Å²) < 4.78 is 17.7. The van der Waals surface area contributed by atoms with Gasteiger partial charge in [-0.05, 0) is 19.1 Å². The van der Waals surface area contributed by atoms with Crippen molar-refractivity contribution in [2.24, 2.45) is 12.0 Å². The standard InChI is InChI=1S/C23H30N6O4.C2H6/c1-15(16-11-25-28(2)12-16)26-23-21(24)6-7-22(27-23)29(13-18(30)14-31-3)17-8-19(32-4)10-20(9-17)33-5;1-2/h6-12,18,30H,13-14,24H2,1-5H3;1-2H3/b26-15+;. The van der Waals surface area contributed by atoms with Crippen LogP contribution in [0.5, 0.6) is 11.5 Å². The predicted molar refractivity (Wildman–Crippen MR) is 140 cm³/mol. The quantitative estimate of drug-likeness (QED) is 0.418. The van der Waals surface area contributed by atoms with Crippen molar-refractivity contribution in [3.63, 3.8) is 0 Å². The van der Waals surface area contributed by atoms with Gasteiger partial charge in [0.2, 0.25) is 0 Å². The highest BCUT2D eigenvalue weighted by atomic mass is 16.5. The molecule has 0 aliphatic carbocycles. The van der Waals surface area contributed by atoms with Crippen LogP contribution in [0.2, 0.25) is 0 Å². The Kier molecular flexibility index (Phi) is 10.5. The lowest BCUT2D eigenvalue weighted by molar-refractivity contribution is 0.0701. The molecule has 2 aromatic heterocycles. The number of aliphatic hydroxyl groups excluding tert-OH is 1. The molecule has 0 amide bonds. The monoisotopic (exact) mass is 484 g/mol. The second-order valence-electron chi connectivity index (χ2n) is 7.47. The molecule has 2 heterocycles. The molecule has 3 N–H and O–H groups in total. The number of nitrogens with two attached hydrogens (primary N) is 1. The summed E-state index contributed by atoms with van der Waals surface area (Å²) in [5, 5.41) is 14.7. The number of hydrogen-bond donors (Lipinski definition) is 2. The average molecular weight is 485 g/mol. The van der Waals surface area contributed by atoms with E-state index in [2.05, 4.69) is 10.1 Å². The first-order valence-electron chi connectivity index (χ1n) is 11.3. The Bertz CT molecular complexity index is 1090. The Morgan fingerprint density at radius 2 is 1.80 bits per heavy atom. The summed E-state index contributed by atoms with van der Waals surface area (Å²) in [5.74, 6) is 2.13. The van der Waals surface area contributed by atoms with E-state index in [0.717, 1.165) is 17.0 Å². The highest BCUT2D eigenvalue weighted by Gasteiger charge is 2.19. The molecule has 35 heavy (non-hydrogen) atoms. The number of aryl methyl sites for hydroxylation is 1. The van der Waals surface area contributed by atoms with Gasteiger partial charge in [-0.25, -0.2) is 9.98 Å². The van der Waals surface area contributed by atoms with Gasteiger partial charge in [-0.2, -0.15) is 5.10 Å². The summed E-state index contributed by atoms with van der Waals surface area (Å²) in [7, 11) is 6.55. The number of rotatable bonds is 10. The summed E-state index contributed by atoms with van der Waals surface area (Å²) >= 11 is 0. The third-order valence-corrected chi connectivity index (χ3v) is 4.96. The fourth-order valence-electron chi connectivity index (χ4n) is 3.26. The van der Waals surface area contributed by atoms with E-state index < -0.39 is 6.10 Å². The van der Waals surface area contributed by atoms with E-state index in [1.54, 1.807) is 43.3 Å². The summed E-state index contributed by atoms with van der Waals surface area (Å²) in [6, 6.07) is 8.97. The predicted octanol–water partition coefficient (Wildman–Crippen LogP) is 3.73. The van der Waals surface area contributed by atoms with Crippen LogP contribution in [0.3, 0.4) is 0 Å². The van der Waals surface area contributed by atoms with Crippen LogP contribution in [0.4, 0.5) is 23.0 Å². The van der Waals surface area contributed by atoms with Crippen molar-refractivity contribution in [3.05, 3.63) is 48.3 Å². The van der Waals surface area contributed by atoms with Crippen LogP contribution < -0.4 is 20.1 Å².